The van der Waals surface area contributed by atoms with Crippen LogP contribution in [0.4, 0.5) is 0 Å². The molecule has 2 nitrogen and oxygen atoms in total. The third kappa shape index (κ3) is 2.47. The molecule has 1 aromatic carbocycles. The molecule has 88 valence electrons. The Morgan fingerprint density at radius 1 is 1.06 bits per heavy atom. The number of rotatable bonds is 2. The van der Waals surface area contributed by atoms with Crippen LogP contribution in [-0.4, -0.2) is 9.97 Å². The third-order valence-electron chi connectivity index (χ3n) is 2.83. The first kappa shape index (κ1) is 12.1. The molecule has 0 saturated carbocycles. The molecule has 0 atom stereocenters. The molecule has 0 saturated heterocycles. The van der Waals surface area contributed by atoms with Gasteiger partial charge in [-0.25, -0.2) is 9.97 Å². The zero-order chi connectivity index (χ0) is 12.4. The summed E-state index contributed by atoms with van der Waals surface area (Å²) >= 11 is 6.13. The summed E-state index contributed by atoms with van der Waals surface area (Å²) in [5, 5.41) is 0.549. The molecule has 0 bridgehead atoms. The lowest BCUT2D eigenvalue weighted by Crippen LogP contribution is -1.99. The van der Waals surface area contributed by atoms with Crippen molar-refractivity contribution in [2.75, 3.05) is 0 Å². The highest BCUT2D eigenvalue weighted by Crippen LogP contribution is 2.22. The molecule has 0 unspecified atom stereocenters. The van der Waals surface area contributed by atoms with Gasteiger partial charge in [-0.2, -0.15) is 0 Å². The summed E-state index contributed by atoms with van der Waals surface area (Å²) in [5.41, 5.74) is 4.22. The van der Waals surface area contributed by atoms with Gasteiger partial charge in [0.15, 0.2) is 5.82 Å². The fraction of sp³-hybridized carbons (Fsp3) is 0.286. The molecule has 1 aromatic heterocycles. The van der Waals surface area contributed by atoms with E-state index < -0.39 is 0 Å². The van der Waals surface area contributed by atoms with Crippen molar-refractivity contribution in [2.24, 2.45) is 0 Å². The van der Waals surface area contributed by atoms with Gasteiger partial charge < -0.3 is 0 Å². The number of nitrogens with zero attached hydrogens (tertiary/aromatic N) is 2. The molecule has 0 fully saturated rings. The molecule has 0 amide bonds. The quantitative estimate of drug-likeness (QED) is 0.750. The molecule has 0 aliphatic carbocycles. The van der Waals surface area contributed by atoms with Crippen LogP contribution in [0.5, 0.6) is 0 Å². The number of hydrogen-bond donors (Lipinski definition) is 0. The summed E-state index contributed by atoms with van der Waals surface area (Å²) < 4.78 is 0. The second-order valence-corrected chi connectivity index (χ2v) is 4.49. The van der Waals surface area contributed by atoms with Gasteiger partial charge in [0.05, 0.1) is 0 Å². The van der Waals surface area contributed by atoms with Crippen molar-refractivity contribution >= 4 is 11.6 Å². The minimum Gasteiger partial charge on any atom is -0.233 e. The standard InChI is InChI=1S/C14H15ClN2/c1-4-12-10(3)13(15)17-14(16-12)11-7-5-9(2)6-8-11/h5-8H,4H2,1-3H3. The monoisotopic (exact) mass is 246 g/mol. The molecule has 0 radical (unpaired) electrons. The van der Waals surface area contributed by atoms with E-state index in [4.69, 9.17) is 11.6 Å². The Bertz CT molecular complexity index is 533. The lowest BCUT2D eigenvalue weighted by Gasteiger charge is -2.07. The summed E-state index contributed by atoms with van der Waals surface area (Å²) in [6.45, 7) is 6.09. The van der Waals surface area contributed by atoms with Gasteiger partial charge in [-0.1, -0.05) is 48.4 Å². The van der Waals surface area contributed by atoms with Gasteiger partial charge in [0.25, 0.3) is 0 Å². The highest BCUT2D eigenvalue weighted by atomic mass is 35.5. The van der Waals surface area contributed by atoms with Crippen molar-refractivity contribution in [1.82, 2.24) is 9.97 Å². The zero-order valence-corrected chi connectivity index (χ0v) is 11.0. The minimum absolute atomic E-state index is 0.549. The Morgan fingerprint density at radius 2 is 1.71 bits per heavy atom. The van der Waals surface area contributed by atoms with E-state index in [1.807, 2.05) is 19.1 Å². The molecule has 0 aliphatic heterocycles. The van der Waals surface area contributed by atoms with E-state index in [1.165, 1.54) is 5.56 Å². The average Bonchev–Trinajstić information content (AvgIpc) is 2.33. The minimum atomic E-state index is 0.549. The van der Waals surface area contributed by atoms with Crippen LogP contribution in [0.1, 0.15) is 23.7 Å². The number of halogens is 1. The van der Waals surface area contributed by atoms with E-state index in [0.717, 1.165) is 23.2 Å². The molecule has 17 heavy (non-hydrogen) atoms. The van der Waals surface area contributed by atoms with E-state index in [1.54, 1.807) is 0 Å². The Hall–Kier alpha value is -1.41. The van der Waals surface area contributed by atoms with Crippen LogP contribution >= 0.6 is 11.6 Å². The molecule has 2 aromatic rings. The normalized spacial score (nSPS) is 10.6. The molecule has 1 heterocycles. The average molecular weight is 247 g/mol. The molecule has 0 spiro atoms. The van der Waals surface area contributed by atoms with Gasteiger partial charge in [0.2, 0.25) is 0 Å². The first-order chi connectivity index (χ1) is 8.11. The molecule has 2 rings (SSSR count). The van der Waals surface area contributed by atoms with E-state index in [2.05, 4.69) is 35.9 Å². The van der Waals surface area contributed by atoms with Gasteiger partial charge in [-0.05, 0) is 20.3 Å². The molecule has 0 aliphatic rings. The van der Waals surface area contributed by atoms with Crippen LogP contribution in [-0.2, 0) is 6.42 Å². The third-order valence-corrected chi connectivity index (χ3v) is 3.20. The fourth-order valence-corrected chi connectivity index (χ4v) is 1.90. The SMILES string of the molecule is CCc1nc(-c2ccc(C)cc2)nc(Cl)c1C. The van der Waals surface area contributed by atoms with Crippen molar-refractivity contribution in [1.29, 1.82) is 0 Å². The largest absolute Gasteiger partial charge is 0.233 e. The van der Waals surface area contributed by atoms with Crippen LogP contribution in [0.2, 0.25) is 5.15 Å². The van der Waals surface area contributed by atoms with Crippen molar-refractivity contribution in [2.45, 2.75) is 27.2 Å². The van der Waals surface area contributed by atoms with Crippen LogP contribution in [0, 0.1) is 13.8 Å². The van der Waals surface area contributed by atoms with E-state index in [-0.39, 0.29) is 0 Å². The maximum atomic E-state index is 6.13. The van der Waals surface area contributed by atoms with Crippen LogP contribution in [0.25, 0.3) is 11.4 Å². The topological polar surface area (TPSA) is 25.8 Å². The summed E-state index contributed by atoms with van der Waals surface area (Å²) in [5.74, 6) is 0.706. The van der Waals surface area contributed by atoms with Crippen molar-refractivity contribution in [3.05, 3.63) is 46.2 Å². The van der Waals surface area contributed by atoms with Crippen LogP contribution in [0.15, 0.2) is 24.3 Å². The summed E-state index contributed by atoms with van der Waals surface area (Å²) in [6, 6.07) is 8.15. The fourth-order valence-electron chi connectivity index (χ4n) is 1.71. The first-order valence-corrected chi connectivity index (χ1v) is 6.09. The Balaban J connectivity index is 2.52. The maximum absolute atomic E-state index is 6.13. The second-order valence-electron chi connectivity index (χ2n) is 4.13. The highest BCUT2D eigenvalue weighted by molar-refractivity contribution is 6.30. The highest BCUT2D eigenvalue weighted by Gasteiger charge is 2.09. The van der Waals surface area contributed by atoms with Crippen molar-refractivity contribution in [3.8, 4) is 11.4 Å². The van der Waals surface area contributed by atoms with E-state index in [9.17, 15) is 0 Å². The van der Waals surface area contributed by atoms with Gasteiger partial charge in [0, 0.05) is 16.8 Å². The van der Waals surface area contributed by atoms with Gasteiger partial charge in [-0.3, -0.25) is 0 Å². The Labute approximate surface area is 107 Å². The smallest absolute Gasteiger partial charge is 0.161 e. The molecular weight excluding hydrogens is 232 g/mol. The predicted molar refractivity (Wildman–Crippen MR) is 71.3 cm³/mol. The van der Waals surface area contributed by atoms with Gasteiger partial charge in [-0.15, -0.1) is 0 Å². The van der Waals surface area contributed by atoms with Crippen molar-refractivity contribution < 1.29 is 0 Å². The Kier molecular flexibility index (Phi) is 3.43. The lowest BCUT2D eigenvalue weighted by atomic mass is 10.1. The summed E-state index contributed by atoms with van der Waals surface area (Å²) in [4.78, 5) is 8.89. The van der Waals surface area contributed by atoms with Gasteiger partial charge >= 0.3 is 0 Å². The Morgan fingerprint density at radius 3 is 2.29 bits per heavy atom. The second kappa shape index (κ2) is 4.84. The van der Waals surface area contributed by atoms with E-state index in [0.29, 0.717) is 11.0 Å². The van der Waals surface area contributed by atoms with Crippen LogP contribution in [0.3, 0.4) is 0 Å². The first-order valence-electron chi connectivity index (χ1n) is 5.72. The predicted octanol–water partition coefficient (Wildman–Crippen LogP) is 3.98. The number of aryl methyl sites for hydroxylation is 2. The van der Waals surface area contributed by atoms with Crippen molar-refractivity contribution in [3.63, 3.8) is 0 Å². The number of aromatic nitrogens is 2. The number of benzene rings is 1. The molecular formula is C14H15ClN2. The molecule has 3 heteroatoms. The molecule has 0 N–H and O–H groups in total. The lowest BCUT2D eigenvalue weighted by molar-refractivity contribution is 0.976. The van der Waals surface area contributed by atoms with Crippen LogP contribution < -0.4 is 0 Å². The zero-order valence-electron chi connectivity index (χ0n) is 10.3. The summed E-state index contributed by atoms with van der Waals surface area (Å²) in [7, 11) is 0. The maximum Gasteiger partial charge on any atom is 0.161 e. The number of hydrogen-bond acceptors (Lipinski definition) is 2. The summed E-state index contributed by atoms with van der Waals surface area (Å²) in [6.07, 6.45) is 0.868. The van der Waals surface area contributed by atoms with E-state index >= 15 is 0 Å². The van der Waals surface area contributed by atoms with Gasteiger partial charge in [0.1, 0.15) is 5.15 Å².